The van der Waals surface area contributed by atoms with Gasteiger partial charge < -0.3 is 15.6 Å². The van der Waals surface area contributed by atoms with Gasteiger partial charge in [0.1, 0.15) is 0 Å². The molecule has 1 atom stereocenters. The Hall–Kier alpha value is -0.450. The van der Waals surface area contributed by atoms with Gasteiger partial charge in [0, 0.05) is 6.04 Å². The molecular formula is C12H19BrClNO2. The van der Waals surface area contributed by atoms with Crippen molar-refractivity contribution >= 4 is 28.3 Å². The third-order valence-corrected chi connectivity index (χ3v) is 3.03. The third-order valence-electron chi connectivity index (χ3n) is 2.42. The first kappa shape index (κ1) is 16.6. The van der Waals surface area contributed by atoms with E-state index in [1.165, 1.54) is 7.11 Å². The molecule has 98 valence electrons. The molecule has 0 saturated carbocycles. The lowest BCUT2D eigenvalue weighted by molar-refractivity contribution is 0.370. The Balaban J connectivity index is 0.00000256. The van der Waals surface area contributed by atoms with E-state index in [0.29, 0.717) is 16.1 Å². The predicted octanol–water partition coefficient (Wildman–Crippen LogP) is 3.63. The van der Waals surface area contributed by atoms with Crippen LogP contribution < -0.4 is 10.5 Å². The Morgan fingerprint density at radius 2 is 2.00 bits per heavy atom. The molecule has 3 nitrogen and oxygen atoms in total. The Morgan fingerprint density at radius 1 is 1.41 bits per heavy atom. The first-order chi connectivity index (χ1) is 7.45. The number of ether oxygens (including phenoxy) is 1. The summed E-state index contributed by atoms with van der Waals surface area (Å²) >= 11 is 3.29. The molecule has 0 saturated heterocycles. The van der Waals surface area contributed by atoms with Crippen LogP contribution in [0, 0.1) is 5.92 Å². The van der Waals surface area contributed by atoms with Crippen LogP contribution in [0.2, 0.25) is 0 Å². The summed E-state index contributed by atoms with van der Waals surface area (Å²) in [5, 5.41) is 9.67. The number of nitrogens with two attached hydrogens (primary N) is 1. The molecule has 0 aliphatic heterocycles. The van der Waals surface area contributed by atoms with Gasteiger partial charge in [-0.25, -0.2) is 0 Å². The molecule has 5 heteroatoms. The van der Waals surface area contributed by atoms with Gasteiger partial charge in [-0.3, -0.25) is 0 Å². The van der Waals surface area contributed by atoms with E-state index < -0.39 is 0 Å². The van der Waals surface area contributed by atoms with Gasteiger partial charge in [-0.2, -0.15) is 0 Å². The molecule has 0 radical (unpaired) electrons. The van der Waals surface area contributed by atoms with Crippen LogP contribution >= 0.6 is 28.3 Å². The zero-order valence-electron chi connectivity index (χ0n) is 10.2. The van der Waals surface area contributed by atoms with E-state index in [1.54, 1.807) is 6.07 Å². The predicted molar refractivity (Wildman–Crippen MR) is 76.0 cm³/mol. The molecule has 3 N–H and O–H groups in total. The maximum atomic E-state index is 9.67. The van der Waals surface area contributed by atoms with Crippen LogP contribution in [0.5, 0.6) is 11.5 Å². The second kappa shape index (κ2) is 7.09. The van der Waals surface area contributed by atoms with Gasteiger partial charge in [-0.1, -0.05) is 13.8 Å². The summed E-state index contributed by atoms with van der Waals surface area (Å²) < 4.78 is 5.70. The number of aromatic hydroxyl groups is 1. The summed E-state index contributed by atoms with van der Waals surface area (Å²) in [6.07, 6.45) is 0.903. The highest BCUT2D eigenvalue weighted by atomic mass is 79.9. The fraction of sp³-hybridized carbons (Fsp3) is 0.500. The average molecular weight is 325 g/mol. The summed E-state index contributed by atoms with van der Waals surface area (Å²) in [4.78, 5) is 0. The SMILES string of the molecule is COc1cc([C@@H](N)CC(C)C)cc(Br)c1O.Cl. The van der Waals surface area contributed by atoms with Crippen molar-refractivity contribution in [3.05, 3.63) is 22.2 Å². The van der Waals surface area contributed by atoms with Crippen molar-refractivity contribution in [1.82, 2.24) is 0 Å². The summed E-state index contributed by atoms with van der Waals surface area (Å²) in [7, 11) is 1.53. The van der Waals surface area contributed by atoms with E-state index in [1.807, 2.05) is 6.07 Å². The largest absolute Gasteiger partial charge is 0.503 e. The van der Waals surface area contributed by atoms with Crippen LogP contribution in [0.15, 0.2) is 16.6 Å². The topological polar surface area (TPSA) is 55.5 Å². The molecule has 0 aliphatic rings. The Morgan fingerprint density at radius 3 is 2.47 bits per heavy atom. The fourth-order valence-corrected chi connectivity index (χ4v) is 2.07. The fourth-order valence-electron chi connectivity index (χ4n) is 1.61. The summed E-state index contributed by atoms with van der Waals surface area (Å²) in [6.45, 7) is 4.26. The normalized spacial score (nSPS) is 12.1. The van der Waals surface area contributed by atoms with Crippen molar-refractivity contribution < 1.29 is 9.84 Å². The summed E-state index contributed by atoms with van der Waals surface area (Å²) in [5.41, 5.74) is 7.05. The van der Waals surface area contributed by atoms with Gasteiger partial charge in [0.2, 0.25) is 0 Å². The van der Waals surface area contributed by atoms with Gasteiger partial charge in [-0.05, 0) is 46.0 Å². The molecule has 1 aromatic carbocycles. The van der Waals surface area contributed by atoms with Gasteiger partial charge in [0.15, 0.2) is 11.5 Å². The van der Waals surface area contributed by atoms with Crippen LogP contribution in [0.4, 0.5) is 0 Å². The highest BCUT2D eigenvalue weighted by Gasteiger charge is 2.14. The number of hydrogen-bond acceptors (Lipinski definition) is 3. The molecular weight excluding hydrogens is 305 g/mol. The monoisotopic (exact) mass is 323 g/mol. The van der Waals surface area contributed by atoms with E-state index in [0.717, 1.165) is 12.0 Å². The van der Waals surface area contributed by atoms with E-state index in [-0.39, 0.29) is 24.2 Å². The highest BCUT2D eigenvalue weighted by molar-refractivity contribution is 9.10. The number of halogens is 2. The Labute approximate surface area is 117 Å². The molecule has 1 aromatic rings. The van der Waals surface area contributed by atoms with Gasteiger partial charge >= 0.3 is 0 Å². The molecule has 0 unspecified atom stereocenters. The minimum atomic E-state index is -0.0363. The summed E-state index contributed by atoms with van der Waals surface area (Å²) in [5.74, 6) is 1.10. The maximum Gasteiger partial charge on any atom is 0.172 e. The maximum absolute atomic E-state index is 9.67. The molecule has 0 bridgehead atoms. The smallest absolute Gasteiger partial charge is 0.172 e. The lowest BCUT2D eigenvalue weighted by Gasteiger charge is -2.16. The number of phenolic OH excluding ortho intramolecular Hbond substituents is 1. The minimum absolute atomic E-state index is 0. The molecule has 0 heterocycles. The number of hydrogen-bond donors (Lipinski definition) is 2. The van der Waals surface area contributed by atoms with Crippen LogP contribution in [0.3, 0.4) is 0 Å². The van der Waals surface area contributed by atoms with Crippen molar-refractivity contribution in [2.45, 2.75) is 26.3 Å². The lowest BCUT2D eigenvalue weighted by Crippen LogP contribution is -2.13. The van der Waals surface area contributed by atoms with E-state index >= 15 is 0 Å². The van der Waals surface area contributed by atoms with E-state index in [2.05, 4.69) is 29.8 Å². The van der Waals surface area contributed by atoms with Crippen molar-refractivity contribution in [1.29, 1.82) is 0 Å². The first-order valence-electron chi connectivity index (χ1n) is 5.27. The van der Waals surface area contributed by atoms with Crippen molar-refractivity contribution in [2.24, 2.45) is 11.7 Å². The van der Waals surface area contributed by atoms with E-state index in [4.69, 9.17) is 10.5 Å². The first-order valence-corrected chi connectivity index (χ1v) is 6.07. The lowest BCUT2D eigenvalue weighted by atomic mass is 9.97. The second-order valence-corrected chi connectivity index (χ2v) is 5.14. The minimum Gasteiger partial charge on any atom is -0.503 e. The van der Waals surface area contributed by atoms with E-state index in [9.17, 15) is 5.11 Å². The van der Waals surface area contributed by atoms with Crippen LogP contribution in [0.1, 0.15) is 31.9 Å². The molecule has 0 aromatic heterocycles. The number of rotatable bonds is 4. The van der Waals surface area contributed by atoms with Crippen molar-refractivity contribution in [3.63, 3.8) is 0 Å². The molecule has 1 rings (SSSR count). The van der Waals surface area contributed by atoms with Gasteiger partial charge in [0.05, 0.1) is 11.6 Å². The van der Waals surface area contributed by atoms with Gasteiger partial charge in [-0.15, -0.1) is 12.4 Å². The highest BCUT2D eigenvalue weighted by Crippen LogP contribution is 2.37. The van der Waals surface area contributed by atoms with Crippen LogP contribution in [-0.2, 0) is 0 Å². The van der Waals surface area contributed by atoms with Gasteiger partial charge in [0.25, 0.3) is 0 Å². The zero-order chi connectivity index (χ0) is 12.3. The third kappa shape index (κ3) is 4.37. The Kier molecular flexibility index (Phi) is 6.90. The number of phenols is 1. The second-order valence-electron chi connectivity index (χ2n) is 4.29. The van der Waals surface area contributed by atoms with Crippen LogP contribution in [0.25, 0.3) is 0 Å². The molecule has 0 fully saturated rings. The number of benzene rings is 1. The van der Waals surface area contributed by atoms with Crippen molar-refractivity contribution in [3.8, 4) is 11.5 Å². The number of methoxy groups -OCH3 is 1. The van der Waals surface area contributed by atoms with Crippen LogP contribution in [-0.4, -0.2) is 12.2 Å². The molecule has 0 amide bonds. The molecule has 0 aliphatic carbocycles. The average Bonchev–Trinajstić information content (AvgIpc) is 2.20. The standard InChI is InChI=1S/C12H18BrNO2.ClH/c1-7(2)4-10(14)8-5-9(13)12(15)11(6-8)16-3;/h5-7,10,15H,4,14H2,1-3H3;1H/t10-;/m0./s1. The zero-order valence-corrected chi connectivity index (χ0v) is 12.6. The molecule has 17 heavy (non-hydrogen) atoms. The summed E-state index contributed by atoms with van der Waals surface area (Å²) in [6, 6.07) is 3.59. The van der Waals surface area contributed by atoms with Crippen molar-refractivity contribution in [2.75, 3.05) is 7.11 Å². The molecule has 0 spiro atoms. The quantitative estimate of drug-likeness (QED) is 0.889. The Bertz CT molecular complexity index is 372.